The third-order valence-electron chi connectivity index (χ3n) is 3.68. The van der Waals surface area contributed by atoms with Crippen LogP contribution in [-0.4, -0.2) is 36.5 Å². The summed E-state index contributed by atoms with van der Waals surface area (Å²) in [5.41, 5.74) is 2.39. The van der Waals surface area contributed by atoms with Crippen molar-refractivity contribution < 1.29 is 9.59 Å². The first-order valence-corrected chi connectivity index (χ1v) is 7.51. The van der Waals surface area contributed by atoms with Gasteiger partial charge in [-0.1, -0.05) is 37.6 Å². The standard InChI is InChI=1S/C16H23N3O2/c1-3-4-13-5-7-14(8-6-13)12(2)18-16(21)19-10-9-17-15(20)11-19/h5-8,12H,3-4,9-11H2,1-2H3,(H,17,20)(H,18,21)/t12-/m0/s1. The van der Waals surface area contributed by atoms with Crippen LogP contribution in [0.15, 0.2) is 24.3 Å². The fraction of sp³-hybridized carbons (Fsp3) is 0.500. The summed E-state index contributed by atoms with van der Waals surface area (Å²) in [5, 5.41) is 5.65. The highest BCUT2D eigenvalue weighted by Gasteiger charge is 2.22. The molecule has 0 aromatic heterocycles. The number of amides is 3. The lowest BCUT2D eigenvalue weighted by Gasteiger charge is -2.28. The zero-order valence-corrected chi connectivity index (χ0v) is 12.7. The van der Waals surface area contributed by atoms with Gasteiger partial charge in [0, 0.05) is 13.1 Å². The second-order valence-corrected chi connectivity index (χ2v) is 5.43. The van der Waals surface area contributed by atoms with Crippen LogP contribution in [0.2, 0.25) is 0 Å². The molecule has 2 rings (SSSR count). The maximum absolute atomic E-state index is 12.1. The molecular weight excluding hydrogens is 266 g/mol. The molecule has 0 unspecified atom stereocenters. The normalized spacial score (nSPS) is 16.3. The first-order chi connectivity index (χ1) is 10.1. The van der Waals surface area contributed by atoms with E-state index in [1.807, 2.05) is 6.92 Å². The van der Waals surface area contributed by atoms with Crippen molar-refractivity contribution in [2.75, 3.05) is 19.6 Å². The lowest BCUT2D eigenvalue weighted by atomic mass is 10.0. The maximum Gasteiger partial charge on any atom is 0.318 e. The van der Waals surface area contributed by atoms with Gasteiger partial charge in [-0.15, -0.1) is 0 Å². The number of benzene rings is 1. The van der Waals surface area contributed by atoms with Gasteiger partial charge >= 0.3 is 6.03 Å². The molecule has 0 spiro atoms. The number of carbonyl (C=O) groups is 2. The number of nitrogens with zero attached hydrogens (tertiary/aromatic N) is 1. The minimum absolute atomic E-state index is 0.0711. The molecule has 0 aliphatic carbocycles. The van der Waals surface area contributed by atoms with Gasteiger partial charge in [-0.25, -0.2) is 4.79 Å². The predicted octanol–water partition coefficient (Wildman–Crippen LogP) is 1.84. The minimum Gasteiger partial charge on any atom is -0.353 e. The van der Waals surface area contributed by atoms with E-state index in [2.05, 4.69) is 41.8 Å². The average Bonchev–Trinajstić information content (AvgIpc) is 2.48. The summed E-state index contributed by atoms with van der Waals surface area (Å²) in [6.45, 7) is 5.32. The Bertz CT molecular complexity index is 499. The van der Waals surface area contributed by atoms with Crippen LogP contribution in [0.4, 0.5) is 4.79 Å². The van der Waals surface area contributed by atoms with Crippen molar-refractivity contribution in [2.45, 2.75) is 32.7 Å². The van der Waals surface area contributed by atoms with Crippen molar-refractivity contribution in [1.29, 1.82) is 0 Å². The van der Waals surface area contributed by atoms with Gasteiger partial charge in [-0.2, -0.15) is 0 Å². The van der Waals surface area contributed by atoms with Crippen molar-refractivity contribution in [1.82, 2.24) is 15.5 Å². The first-order valence-electron chi connectivity index (χ1n) is 7.51. The van der Waals surface area contributed by atoms with E-state index in [-0.39, 0.29) is 24.5 Å². The van der Waals surface area contributed by atoms with E-state index in [1.165, 1.54) is 5.56 Å². The molecule has 1 aromatic rings. The summed E-state index contributed by atoms with van der Waals surface area (Å²) in [4.78, 5) is 25.0. The Hall–Kier alpha value is -2.04. The molecule has 5 nitrogen and oxygen atoms in total. The number of hydrogen-bond donors (Lipinski definition) is 2. The Balaban J connectivity index is 1.92. The average molecular weight is 289 g/mol. The van der Waals surface area contributed by atoms with Crippen LogP contribution < -0.4 is 10.6 Å². The Morgan fingerprint density at radius 2 is 2.10 bits per heavy atom. The second kappa shape index (κ2) is 7.11. The van der Waals surface area contributed by atoms with Crippen molar-refractivity contribution in [3.05, 3.63) is 35.4 Å². The number of carbonyl (C=O) groups excluding carboxylic acids is 2. The van der Waals surface area contributed by atoms with Crippen LogP contribution in [0.3, 0.4) is 0 Å². The molecule has 1 aromatic carbocycles. The first kappa shape index (κ1) is 15.4. The number of nitrogens with one attached hydrogen (secondary N) is 2. The Morgan fingerprint density at radius 3 is 2.71 bits per heavy atom. The molecular formula is C16H23N3O2. The third-order valence-corrected chi connectivity index (χ3v) is 3.68. The Morgan fingerprint density at radius 1 is 1.38 bits per heavy atom. The fourth-order valence-electron chi connectivity index (χ4n) is 2.43. The fourth-order valence-corrected chi connectivity index (χ4v) is 2.43. The molecule has 0 radical (unpaired) electrons. The van der Waals surface area contributed by atoms with Gasteiger partial charge in [-0.3, -0.25) is 4.79 Å². The van der Waals surface area contributed by atoms with Crippen molar-refractivity contribution in [3.63, 3.8) is 0 Å². The van der Waals surface area contributed by atoms with Crippen molar-refractivity contribution >= 4 is 11.9 Å². The van der Waals surface area contributed by atoms with Crippen LogP contribution >= 0.6 is 0 Å². The van der Waals surface area contributed by atoms with E-state index in [9.17, 15) is 9.59 Å². The molecule has 1 saturated heterocycles. The van der Waals surface area contributed by atoms with E-state index < -0.39 is 0 Å². The zero-order valence-electron chi connectivity index (χ0n) is 12.7. The lowest BCUT2D eigenvalue weighted by Crippen LogP contribution is -2.53. The van der Waals surface area contributed by atoms with E-state index in [4.69, 9.17) is 0 Å². The quantitative estimate of drug-likeness (QED) is 0.888. The summed E-state index contributed by atoms with van der Waals surface area (Å²) in [5.74, 6) is -0.104. The maximum atomic E-state index is 12.1. The summed E-state index contributed by atoms with van der Waals surface area (Å²) in [6.07, 6.45) is 2.20. The van der Waals surface area contributed by atoms with Gasteiger partial charge in [0.15, 0.2) is 0 Å². The molecule has 114 valence electrons. The van der Waals surface area contributed by atoms with Crippen LogP contribution in [0.25, 0.3) is 0 Å². The molecule has 1 atom stereocenters. The molecule has 1 aliphatic heterocycles. The van der Waals surface area contributed by atoms with E-state index in [0.717, 1.165) is 18.4 Å². The summed E-state index contributed by atoms with van der Waals surface area (Å²) < 4.78 is 0. The lowest BCUT2D eigenvalue weighted by molar-refractivity contribution is -0.123. The van der Waals surface area contributed by atoms with Gasteiger partial charge < -0.3 is 15.5 Å². The van der Waals surface area contributed by atoms with Crippen LogP contribution in [0, 0.1) is 0 Å². The molecule has 1 heterocycles. The predicted molar refractivity (Wildman–Crippen MR) is 82.0 cm³/mol. The summed E-state index contributed by atoms with van der Waals surface area (Å²) >= 11 is 0. The molecule has 1 fully saturated rings. The van der Waals surface area contributed by atoms with Gasteiger partial charge in [0.1, 0.15) is 6.54 Å². The highest BCUT2D eigenvalue weighted by Crippen LogP contribution is 2.14. The highest BCUT2D eigenvalue weighted by atomic mass is 16.2. The van der Waals surface area contributed by atoms with Crippen molar-refractivity contribution in [3.8, 4) is 0 Å². The van der Waals surface area contributed by atoms with Gasteiger partial charge in [-0.05, 0) is 24.5 Å². The molecule has 0 bridgehead atoms. The number of piperazine rings is 1. The summed E-state index contributed by atoms with van der Waals surface area (Å²) in [6, 6.07) is 8.07. The molecule has 21 heavy (non-hydrogen) atoms. The van der Waals surface area contributed by atoms with E-state index >= 15 is 0 Å². The van der Waals surface area contributed by atoms with Crippen LogP contribution in [0.5, 0.6) is 0 Å². The number of aryl methyl sites for hydroxylation is 1. The van der Waals surface area contributed by atoms with E-state index in [0.29, 0.717) is 13.1 Å². The SMILES string of the molecule is CCCc1ccc([C@H](C)NC(=O)N2CCNC(=O)C2)cc1. The highest BCUT2D eigenvalue weighted by molar-refractivity contribution is 5.85. The summed E-state index contributed by atoms with van der Waals surface area (Å²) in [7, 11) is 0. The van der Waals surface area contributed by atoms with Gasteiger partial charge in [0.2, 0.25) is 5.91 Å². The topological polar surface area (TPSA) is 61.4 Å². The molecule has 3 amide bonds. The molecule has 0 saturated carbocycles. The third kappa shape index (κ3) is 4.21. The van der Waals surface area contributed by atoms with Gasteiger partial charge in [0.25, 0.3) is 0 Å². The number of urea groups is 1. The second-order valence-electron chi connectivity index (χ2n) is 5.43. The zero-order chi connectivity index (χ0) is 15.2. The number of rotatable bonds is 4. The van der Waals surface area contributed by atoms with Gasteiger partial charge in [0.05, 0.1) is 6.04 Å². The largest absolute Gasteiger partial charge is 0.353 e. The van der Waals surface area contributed by atoms with Crippen LogP contribution in [0.1, 0.15) is 37.4 Å². The van der Waals surface area contributed by atoms with Crippen LogP contribution in [-0.2, 0) is 11.2 Å². The molecule has 1 aliphatic rings. The van der Waals surface area contributed by atoms with E-state index in [1.54, 1.807) is 4.90 Å². The molecule has 2 N–H and O–H groups in total. The minimum atomic E-state index is -0.185. The van der Waals surface area contributed by atoms with Crippen molar-refractivity contribution in [2.24, 2.45) is 0 Å². The smallest absolute Gasteiger partial charge is 0.318 e. The Kier molecular flexibility index (Phi) is 5.20. The number of hydrogen-bond acceptors (Lipinski definition) is 2. The Labute approximate surface area is 125 Å². The molecule has 5 heteroatoms. The monoisotopic (exact) mass is 289 g/mol.